The number of amides is 2. The minimum absolute atomic E-state index is 0.0106. The molecule has 0 fully saturated rings. The average molecular weight is 510 g/mol. The van der Waals surface area contributed by atoms with E-state index in [1.807, 2.05) is 30.3 Å². The van der Waals surface area contributed by atoms with Crippen LogP contribution in [0.25, 0.3) is 0 Å². The summed E-state index contributed by atoms with van der Waals surface area (Å²) < 4.78 is 10.7. The van der Waals surface area contributed by atoms with Crippen molar-refractivity contribution in [3.05, 3.63) is 71.8 Å². The molecule has 0 heterocycles. The molecule has 200 valence electrons. The number of hydrogen-bond donors (Lipinski definition) is 3. The van der Waals surface area contributed by atoms with E-state index in [1.54, 1.807) is 18.2 Å². The number of ether oxygens (including phenoxy) is 2. The van der Waals surface area contributed by atoms with Crippen molar-refractivity contribution < 1.29 is 23.9 Å². The SMILES string of the molecule is COc1cc(CNC(=O)CCCC/C=C/C(C)C)ccc1OC(=O)CNC(=O)C(N)Cc1ccccc1. The van der Waals surface area contributed by atoms with Gasteiger partial charge in [-0.3, -0.25) is 9.59 Å². The predicted octanol–water partition coefficient (Wildman–Crippen LogP) is 3.68. The highest BCUT2D eigenvalue weighted by Crippen LogP contribution is 2.28. The molecule has 0 aliphatic heterocycles. The Hall–Kier alpha value is -3.65. The average Bonchev–Trinajstić information content (AvgIpc) is 2.89. The van der Waals surface area contributed by atoms with Gasteiger partial charge in [0.15, 0.2) is 11.5 Å². The number of methoxy groups -OCH3 is 1. The van der Waals surface area contributed by atoms with Gasteiger partial charge in [-0.25, -0.2) is 4.79 Å². The molecule has 2 rings (SSSR count). The fourth-order valence-electron chi connectivity index (χ4n) is 3.52. The molecule has 2 aromatic rings. The Morgan fingerprint density at radius 1 is 0.973 bits per heavy atom. The first-order valence-corrected chi connectivity index (χ1v) is 12.7. The summed E-state index contributed by atoms with van der Waals surface area (Å²) in [5.74, 6) is 0.0198. The highest BCUT2D eigenvalue weighted by Gasteiger charge is 2.17. The summed E-state index contributed by atoms with van der Waals surface area (Å²) in [7, 11) is 1.47. The van der Waals surface area contributed by atoms with Crippen LogP contribution in [0.1, 0.15) is 50.7 Å². The molecule has 8 heteroatoms. The number of nitrogens with two attached hydrogens (primary N) is 1. The second-order valence-electron chi connectivity index (χ2n) is 9.17. The standard InChI is InChI=1S/C29H39N3O5/c1-21(2)11-7-4-5-10-14-27(33)31-19-23-15-16-25(26(18-23)36-3)37-28(34)20-32-29(35)24(30)17-22-12-8-6-9-13-22/h6-9,11-13,15-16,18,21,24H,4-5,10,14,17,19-20,30H2,1-3H3,(H,31,33)(H,32,35)/b11-7+. The number of carbonyl (C=O) groups is 3. The summed E-state index contributed by atoms with van der Waals surface area (Å²) in [6, 6.07) is 13.7. The normalized spacial score (nSPS) is 11.8. The lowest BCUT2D eigenvalue weighted by Gasteiger charge is -2.14. The molecule has 0 aliphatic rings. The van der Waals surface area contributed by atoms with Gasteiger partial charge in [0.25, 0.3) is 0 Å². The van der Waals surface area contributed by atoms with Crippen LogP contribution in [-0.4, -0.2) is 37.5 Å². The molecule has 0 spiro atoms. The molecule has 0 bridgehead atoms. The second kappa shape index (κ2) is 16.2. The molecule has 8 nitrogen and oxygen atoms in total. The maximum atomic E-state index is 12.3. The lowest BCUT2D eigenvalue weighted by Crippen LogP contribution is -2.44. The van der Waals surface area contributed by atoms with Crippen LogP contribution in [0, 0.1) is 5.92 Å². The van der Waals surface area contributed by atoms with Gasteiger partial charge in [-0.05, 0) is 54.9 Å². The van der Waals surface area contributed by atoms with Crippen molar-refractivity contribution in [2.75, 3.05) is 13.7 Å². The second-order valence-corrected chi connectivity index (χ2v) is 9.17. The zero-order valence-electron chi connectivity index (χ0n) is 22.0. The molecule has 2 aromatic carbocycles. The van der Waals surface area contributed by atoms with Gasteiger partial charge in [-0.1, -0.05) is 62.4 Å². The van der Waals surface area contributed by atoms with Crippen LogP contribution >= 0.6 is 0 Å². The number of carbonyl (C=O) groups excluding carboxylic acids is 3. The first kappa shape index (κ1) is 29.6. The molecule has 0 aliphatic carbocycles. The number of rotatable bonds is 15. The highest BCUT2D eigenvalue weighted by molar-refractivity contribution is 5.86. The molecular weight excluding hydrogens is 470 g/mol. The number of hydrogen-bond acceptors (Lipinski definition) is 6. The number of nitrogens with one attached hydrogen (secondary N) is 2. The fraction of sp³-hybridized carbons (Fsp3) is 0.414. The lowest BCUT2D eigenvalue weighted by atomic mass is 10.1. The van der Waals surface area contributed by atoms with Crippen molar-refractivity contribution in [2.45, 2.75) is 58.5 Å². The zero-order valence-corrected chi connectivity index (χ0v) is 22.0. The topological polar surface area (TPSA) is 120 Å². The molecule has 37 heavy (non-hydrogen) atoms. The van der Waals surface area contributed by atoms with E-state index in [0.717, 1.165) is 30.4 Å². The smallest absolute Gasteiger partial charge is 0.330 e. The van der Waals surface area contributed by atoms with Crippen molar-refractivity contribution in [1.82, 2.24) is 10.6 Å². The summed E-state index contributed by atoms with van der Waals surface area (Å²) in [5.41, 5.74) is 7.68. The summed E-state index contributed by atoms with van der Waals surface area (Å²) >= 11 is 0. The summed E-state index contributed by atoms with van der Waals surface area (Å²) in [5, 5.41) is 5.41. The van der Waals surface area contributed by atoms with Gasteiger partial charge in [-0.2, -0.15) is 0 Å². The van der Waals surface area contributed by atoms with Gasteiger partial charge in [-0.15, -0.1) is 0 Å². The first-order chi connectivity index (χ1) is 17.8. The van der Waals surface area contributed by atoms with Crippen molar-refractivity contribution in [2.24, 2.45) is 11.7 Å². The molecule has 4 N–H and O–H groups in total. The molecular formula is C29H39N3O5. The minimum atomic E-state index is -0.777. The third kappa shape index (κ3) is 11.8. The number of allylic oxidation sites excluding steroid dienone is 2. The molecule has 0 radical (unpaired) electrons. The van der Waals surface area contributed by atoms with Gasteiger partial charge >= 0.3 is 5.97 Å². The maximum Gasteiger partial charge on any atom is 0.330 e. The van der Waals surface area contributed by atoms with E-state index in [0.29, 0.717) is 31.1 Å². The van der Waals surface area contributed by atoms with E-state index in [9.17, 15) is 14.4 Å². The largest absolute Gasteiger partial charge is 0.493 e. The summed E-state index contributed by atoms with van der Waals surface area (Å²) in [6.07, 6.45) is 7.97. The number of benzene rings is 2. The van der Waals surface area contributed by atoms with Gasteiger partial charge in [0, 0.05) is 13.0 Å². The van der Waals surface area contributed by atoms with Gasteiger partial charge in [0.2, 0.25) is 11.8 Å². The quantitative estimate of drug-likeness (QED) is 0.146. The molecule has 0 saturated carbocycles. The third-order valence-corrected chi connectivity index (χ3v) is 5.53. The highest BCUT2D eigenvalue weighted by atomic mass is 16.6. The number of esters is 1. The van der Waals surface area contributed by atoms with Crippen LogP contribution in [0.5, 0.6) is 11.5 Å². The van der Waals surface area contributed by atoms with E-state index in [-0.39, 0.29) is 18.2 Å². The Morgan fingerprint density at radius 2 is 1.73 bits per heavy atom. The van der Waals surface area contributed by atoms with E-state index in [2.05, 4.69) is 36.6 Å². The monoisotopic (exact) mass is 509 g/mol. The van der Waals surface area contributed by atoms with Crippen LogP contribution in [-0.2, 0) is 27.3 Å². The van der Waals surface area contributed by atoms with Gasteiger partial charge in [0.05, 0.1) is 13.2 Å². The Labute approximate surface area is 219 Å². The van der Waals surface area contributed by atoms with E-state index in [4.69, 9.17) is 15.2 Å². The van der Waals surface area contributed by atoms with Crippen LogP contribution in [0.4, 0.5) is 0 Å². The maximum absolute atomic E-state index is 12.3. The molecule has 2 amide bonds. The lowest BCUT2D eigenvalue weighted by molar-refractivity contribution is -0.135. The van der Waals surface area contributed by atoms with Crippen LogP contribution in [0.2, 0.25) is 0 Å². The first-order valence-electron chi connectivity index (χ1n) is 12.7. The van der Waals surface area contributed by atoms with Crippen LogP contribution < -0.4 is 25.8 Å². The summed E-state index contributed by atoms with van der Waals surface area (Å²) in [6.45, 7) is 4.29. The summed E-state index contributed by atoms with van der Waals surface area (Å²) in [4.78, 5) is 36.6. The van der Waals surface area contributed by atoms with Gasteiger partial charge in [0.1, 0.15) is 6.54 Å². The Morgan fingerprint density at radius 3 is 2.43 bits per heavy atom. The fourth-order valence-corrected chi connectivity index (χ4v) is 3.52. The molecule has 1 unspecified atom stereocenters. The minimum Gasteiger partial charge on any atom is -0.493 e. The number of unbranched alkanes of at least 4 members (excludes halogenated alkanes) is 2. The van der Waals surface area contributed by atoms with Crippen molar-refractivity contribution in [3.8, 4) is 11.5 Å². The molecule has 0 saturated heterocycles. The van der Waals surface area contributed by atoms with E-state index in [1.165, 1.54) is 7.11 Å². The van der Waals surface area contributed by atoms with Crippen LogP contribution in [0.3, 0.4) is 0 Å². The molecule has 0 aromatic heterocycles. The Balaban J connectivity index is 1.75. The molecule has 1 atom stereocenters. The van der Waals surface area contributed by atoms with Crippen molar-refractivity contribution >= 4 is 17.8 Å². The van der Waals surface area contributed by atoms with E-state index >= 15 is 0 Å². The Bertz CT molecular complexity index is 1040. The van der Waals surface area contributed by atoms with E-state index < -0.39 is 17.9 Å². The van der Waals surface area contributed by atoms with Gasteiger partial charge < -0.3 is 25.8 Å². The Kier molecular flexibility index (Phi) is 12.9. The third-order valence-electron chi connectivity index (χ3n) is 5.53. The van der Waals surface area contributed by atoms with Crippen LogP contribution in [0.15, 0.2) is 60.7 Å². The zero-order chi connectivity index (χ0) is 27.0. The van der Waals surface area contributed by atoms with Crippen molar-refractivity contribution in [3.63, 3.8) is 0 Å². The predicted molar refractivity (Wildman–Crippen MR) is 144 cm³/mol. The van der Waals surface area contributed by atoms with Crippen molar-refractivity contribution in [1.29, 1.82) is 0 Å².